The maximum absolute atomic E-state index is 10.5. The highest BCUT2D eigenvalue weighted by Crippen LogP contribution is 2.01. The van der Waals surface area contributed by atoms with Gasteiger partial charge >= 0.3 is 0 Å². The molecule has 0 saturated carbocycles. The molecular formula is C5H9NO2. The Kier molecular flexibility index (Phi) is 1.60. The Bertz CT molecular complexity index is 103. The molecule has 0 atom stereocenters. The van der Waals surface area contributed by atoms with Gasteiger partial charge in [0.2, 0.25) is 0 Å². The predicted octanol–water partition coefficient (Wildman–Crippen LogP) is -0.177. The van der Waals surface area contributed by atoms with E-state index >= 15 is 0 Å². The molecule has 0 aromatic carbocycles. The molecule has 0 amide bonds. The van der Waals surface area contributed by atoms with E-state index in [1.165, 1.54) is 0 Å². The number of hydrogen-bond donors (Lipinski definition) is 0. The van der Waals surface area contributed by atoms with Crippen molar-refractivity contribution < 1.29 is 9.63 Å². The van der Waals surface area contributed by atoms with Crippen molar-refractivity contribution >= 4 is 5.78 Å². The Labute approximate surface area is 48.2 Å². The van der Waals surface area contributed by atoms with Gasteiger partial charge in [-0.05, 0) is 0 Å². The van der Waals surface area contributed by atoms with Crippen molar-refractivity contribution in [2.75, 3.05) is 20.2 Å². The topological polar surface area (TPSA) is 29.5 Å². The van der Waals surface area contributed by atoms with Crippen LogP contribution in [0.2, 0.25) is 0 Å². The molecule has 8 heavy (non-hydrogen) atoms. The summed E-state index contributed by atoms with van der Waals surface area (Å²) in [5.74, 6) is 0.270. The van der Waals surface area contributed by atoms with Gasteiger partial charge in [0.15, 0.2) is 5.78 Å². The molecule has 3 nitrogen and oxygen atoms in total. The van der Waals surface area contributed by atoms with E-state index in [1.54, 1.807) is 12.2 Å². The monoisotopic (exact) mass is 115 g/mol. The molecule has 0 aliphatic carbocycles. The van der Waals surface area contributed by atoms with Crippen LogP contribution in [0.3, 0.4) is 0 Å². The van der Waals surface area contributed by atoms with Crippen LogP contribution < -0.4 is 0 Å². The van der Waals surface area contributed by atoms with Crippen molar-refractivity contribution in [2.24, 2.45) is 0 Å². The van der Waals surface area contributed by atoms with Crippen molar-refractivity contribution in [2.45, 2.75) is 6.42 Å². The van der Waals surface area contributed by atoms with E-state index in [1.807, 2.05) is 0 Å². The largest absolute Gasteiger partial charge is 0.302 e. The molecule has 1 heterocycles. The smallest absolute Gasteiger partial charge is 0.150 e. The van der Waals surface area contributed by atoms with E-state index in [-0.39, 0.29) is 5.78 Å². The highest BCUT2D eigenvalue weighted by molar-refractivity contribution is 5.82. The number of carbonyl (C=O) groups excluding carboxylic acids is 1. The van der Waals surface area contributed by atoms with Crippen molar-refractivity contribution in [3.05, 3.63) is 0 Å². The summed E-state index contributed by atoms with van der Waals surface area (Å²) in [5.41, 5.74) is 0. The minimum absolute atomic E-state index is 0.270. The maximum atomic E-state index is 10.5. The summed E-state index contributed by atoms with van der Waals surface area (Å²) in [5, 5.41) is 1.66. The summed E-state index contributed by atoms with van der Waals surface area (Å²) < 4.78 is 0. The first kappa shape index (κ1) is 5.72. The molecule has 1 saturated heterocycles. The molecular weight excluding hydrogens is 106 g/mol. The number of rotatable bonds is 1. The van der Waals surface area contributed by atoms with Gasteiger partial charge in [-0.15, -0.1) is 0 Å². The fraction of sp³-hybridized carbons (Fsp3) is 0.800. The average Bonchev–Trinajstić information content (AvgIpc) is 2.14. The van der Waals surface area contributed by atoms with Crippen molar-refractivity contribution in [3.8, 4) is 0 Å². The fourth-order valence-corrected chi connectivity index (χ4v) is 0.760. The average molecular weight is 115 g/mol. The van der Waals surface area contributed by atoms with Crippen LogP contribution in [0.25, 0.3) is 0 Å². The molecule has 0 aromatic heterocycles. The zero-order chi connectivity index (χ0) is 5.98. The van der Waals surface area contributed by atoms with E-state index in [0.717, 1.165) is 6.54 Å². The number of hydroxylamine groups is 2. The second-order valence-electron chi connectivity index (χ2n) is 1.83. The molecule has 0 aromatic rings. The standard InChI is InChI=1S/C5H9NO2/c1-8-6-3-2-5(7)4-6/h2-4H2,1H3. The first-order valence-electron chi connectivity index (χ1n) is 2.63. The molecule has 0 bridgehead atoms. The summed E-state index contributed by atoms with van der Waals surface area (Å²) in [6, 6.07) is 0. The van der Waals surface area contributed by atoms with E-state index in [0.29, 0.717) is 13.0 Å². The zero-order valence-corrected chi connectivity index (χ0v) is 4.89. The molecule has 0 radical (unpaired) electrons. The minimum atomic E-state index is 0.270. The van der Waals surface area contributed by atoms with E-state index in [4.69, 9.17) is 4.84 Å². The first-order valence-corrected chi connectivity index (χ1v) is 2.63. The summed E-state index contributed by atoms with van der Waals surface area (Å²) >= 11 is 0. The van der Waals surface area contributed by atoms with Crippen LogP contribution in [0.5, 0.6) is 0 Å². The number of Topliss-reactive ketones (excluding diaryl/α,β-unsaturated/α-hetero) is 1. The van der Waals surface area contributed by atoms with Gasteiger partial charge in [-0.1, -0.05) is 0 Å². The van der Waals surface area contributed by atoms with Crippen LogP contribution in [0, 0.1) is 0 Å². The fourth-order valence-electron chi connectivity index (χ4n) is 0.760. The Balaban J connectivity index is 2.32. The first-order chi connectivity index (χ1) is 3.83. The van der Waals surface area contributed by atoms with Gasteiger partial charge in [0.05, 0.1) is 13.7 Å². The molecule has 0 spiro atoms. The van der Waals surface area contributed by atoms with Crippen LogP contribution in [-0.4, -0.2) is 31.0 Å². The lowest BCUT2D eigenvalue weighted by Crippen LogP contribution is -2.18. The van der Waals surface area contributed by atoms with Crippen LogP contribution in [0.15, 0.2) is 0 Å². The lowest BCUT2D eigenvalue weighted by molar-refractivity contribution is -0.130. The quantitative estimate of drug-likeness (QED) is 0.475. The molecule has 1 aliphatic heterocycles. The lowest BCUT2D eigenvalue weighted by Gasteiger charge is -2.07. The van der Waals surface area contributed by atoms with Crippen molar-refractivity contribution in [1.29, 1.82) is 0 Å². The van der Waals surface area contributed by atoms with Crippen LogP contribution >= 0.6 is 0 Å². The molecule has 1 rings (SSSR count). The zero-order valence-electron chi connectivity index (χ0n) is 4.89. The van der Waals surface area contributed by atoms with Gasteiger partial charge in [-0.25, -0.2) is 0 Å². The third-order valence-electron chi connectivity index (χ3n) is 1.25. The summed E-state index contributed by atoms with van der Waals surface area (Å²) in [4.78, 5) is 15.3. The third kappa shape index (κ3) is 1.05. The SMILES string of the molecule is CON1CCC(=O)C1. The summed E-state index contributed by atoms with van der Waals surface area (Å²) in [6.45, 7) is 1.23. The van der Waals surface area contributed by atoms with Gasteiger partial charge in [0.25, 0.3) is 0 Å². The van der Waals surface area contributed by atoms with E-state index in [2.05, 4.69) is 0 Å². The predicted molar refractivity (Wildman–Crippen MR) is 28.2 cm³/mol. The molecule has 0 unspecified atom stereocenters. The van der Waals surface area contributed by atoms with E-state index in [9.17, 15) is 4.79 Å². The number of nitrogens with zero attached hydrogens (tertiary/aromatic N) is 1. The third-order valence-corrected chi connectivity index (χ3v) is 1.25. The Morgan fingerprint density at radius 3 is 2.75 bits per heavy atom. The van der Waals surface area contributed by atoms with Crippen molar-refractivity contribution in [1.82, 2.24) is 5.06 Å². The van der Waals surface area contributed by atoms with E-state index < -0.39 is 0 Å². The van der Waals surface area contributed by atoms with Crippen molar-refractivity contribution in [3.63, 3.8) is 0 Å². The van der Waals surface area contributed by atoms with Gasteiger partial charge in [0, 0.05) is 13.0 Å². The molecule has 1 fully saturated rings. The summed E-state index contributed by atoms with van der Waals surface area (Å²) in [6.07, 6.45) is 0.647. The Morgan fingerprint density at radius 2 is 2.50 bits per heavy atom. The molecule has 46 valence electrons. The second kappa shape index (κ2) is 2.24. The highest BCUT2D eigenvalue weighted by Gasteiger charge is 2.17. The normalized spacial score (nSPS) is 22.4. The van der Waals surface area contributed by atoms with Crippen LogP contribution in [-0.2, 0) is 9.63 Å². The second-order valence-corrected chi connectivity index (χ2v) is 1.83. The van der Waals surface area contributed by atoms with Crippen LogP contribution in [0.1, 0.15) is 6.42 Å². The number of ketones is 1. The van der Waals surface area contributed by atoms with Gasteiger partial charge in [-0.3, -0.25) is 4.79 Å². The number of carbonyl (C=O) groups is 1. The van der Waals surface area contributed by atoms with Gasteiger partial charge < -0.3 is 4.84 Å². The highest BCUT2D eigenvalue weighted by atomic mass is 16.7. The molecule has 1 aliphatic rings. The van der Waals surface area contributed by atoms with Gasteiger partial charge in [-0.2, -0.15) is 5.06 Å². The molecule has 0 N–H and O–H groups in total. The summed E-state index contributed by atoms with van der Waals surface area (Å²) in [7, 11) is 1.58. The Hall–Kier alpha value is -0.410. The maximum Gasteiger partial charge on any atom is 0.150 e. The van der Waals surface area contributed by atoms with Gasteiger partial charge in [0.1, 0.15) is 0 Å². The number of hydrogen-bond acceptors (Lipinski definition) is 3. The van der Waals surface area contributed by atoms with Crippen LogP contribution in [0.4, 0.5) is 0 Å². The Morgan fingerprint density at radius 1 is 1.75 bits per heavy atom. The minimum Gasteiger partial charge on any atom is -0.302 e. The molecule has 3 heteroatoms. The lowest BCUT2D eigenvalue weighted by atomic mass is 10.4.